The average Bonchev–Trinajstić information content (AvgIpc) is 3.04. The first-order valence-electron chi connectivity index (χ1n) is 8.27. The van der Waals surface area contributed by atoms with Crippen LogP contribution in [0.5, 0.6) is 5.75 Å². The van der Waals surface area contributed by atoms with Gasteiger partial charge in [0, 0.05) is 11.3 Å². The summed E-state index contributed by atoms with van der Waals surface area (Å²) in [4.78, 5) is 13.0. The fourth-order valence-electron chi connectivity index (χ4n) is 2.70. The number of nitrogens with one attached hydrogen (secondary N) is 1. The Hall–Kier alpha value is -2.66. The minimum Gasteiger partial charge on any atom is -0.489 e. The fourth-order valence-corrected chi connectivity index (χ4v) is 3.50. The zero-order valence-corrected chi connectivity index (χ0v) is 15.7. The molecule has 0 saturated carbocycles. The predicted molar refractivity (Wildman–Crippen MR) is 104 cm³/mol. The Morgan fingerprint density at radius 3 is 2.50 bits per heavy atom. The van der Waals surface area contributed by atoms with E-state index >= 15 is 0 Å². The van der Waals surface area contributed by atoms with Crippen molar-refractivity contribution in [3.63, 3.8) is 0 Å². The van der Waals surface area contributed by atoms with E-state index in [2.05, 4.69) is 11.4 Å². The minimum absolute atomic E-state index is 0.206. The molecule has 1 heterocycles. The maximum absolute atomic E-state index is 13.2. The van der Waals surface area contributed by atoms with Crippen LogP contribution < -0.4 is 10.1 Å². The van der Waals surface area contributed by atoms with Crippen LogP contribution in [0.2, 0.25) is 0 Å². The van der Waals surface area contributed by atoms with Crippen LogP contribution in [0.4, 0.5) is 10.1 Å². The van der Waals surface area contributed by atoms with E-state index < -0.39 is 0 Å². The SMILES string of the molecule is Cc1cc(C)cc(OCc2csc(C(=O)Nc3ccc(F)cc3C)c2)c1. The Balaban J connectivity index is 1.64. The molecule has 0 radical (unpaired) electrons. The molecular weight excluding hydrogens is 349 g/mol. The molecular formula is C21H20FNO2S. The van der Waals surface area contributed by atoms with E-state index in [0.29, 0.717) is 22.7 Å². The van der Waals surface area contributed by atoms with Crippen molar-refractivity contribution < 1.29 is 13.9 Å². The molecule has 0 aliphatic rings. The third kappa shape index (κ3) is 4.49. The van der Waals surface area contributed by atoms with Crippen LogP contribution in [0.15, 0.2) is 47.8 Å². The second-order valence-electron chi connectivity index (χ2n) is 6.34. The van der Waals surface area contributed by atoms with Crippen LogP contribution in [0.3, 0.4) is 0 Å². The summed E-state index contributed by atoms with van der Waals surface area (Å²) in [5.74, 6) is 0.298. The lowest BCUT2D eigenvalue weighted by Gasteiger charge is -2.07. The van der Waals surface area contributed by atoms with Gasteiger partial charge in [-0.25, -0.2) is 4.39 Å². The number of amides is 1. The lowest BCUT2D eigenvalue weighted by molar-refractivity contribution is 0.103. The number of rotatable bonds is 5. The highest BCUT2D eigenvalue weighted by molar-refractivity contribution is 7.12. The highest BCUT2D eigenvalue weighted by Crippen LogP contribution is 2.22. The van der Waals surface area contributed by atoms with Gasteiger partial charge >= 0.3 is 0 Å². The summed E-state index contributed by atoms with van der Waals surface area (Å²) in [6.45, 7) is 6.23. The number of hydrogen-bond donors (Lipinski definition) is 1. The highest BCUT2D eigenvalue weighted by atomic mass is 32.1. The predicted octanol–water partition coefficient (Wildman–Crippen LogP) is 5.64. The maximum Gasteiger partial charge on any atom is 0.265 e. The molecule has 1 amide bonds. The molecule has 1 N–H and O–H groups in total. The van der Waals surface area contributed by atoms with Crippen LogP contribution in [0.25, 0.3) is 0 Å². The number of anilines is 1. The topological polar surface area (TPSA) is 38.3 Å². The second kappa shape index (κ2) is 7.70. The summed E-state index contributed by atoms with van der Waals surface area (Å²) in [5, 5.41) is 4.73. The number of carbonyl (C=O) groups is 1. The first-order chi connectivity index (χ1) is 12.4. The highest BCUT2D eigenvalue weighted by Gasteiger charge is 2.11. The Bertz CT molecular complexity index is 929. The van der Waals surface area contributed by atoms with Gasteiger partial charge in [0.1, 0.15) is 18.2 Å². The van der Waals surface area contributed by atoms with Crippen molar-refractivity contribution in [2.24, 2.45) is 0 Å². The van der Waals surface area contributed by atoms with Gasteiger partial charge in [-0.1, -0.05) is 6.07 Å². The smallest absolute Gasteiger partial charge is 0.265 e. The van der Waals surface area contributed by atoms with Crippen LogP contribution in [-0.2, 0) is 6.61 Å². The lowest BCUT2D eigenvalue weighted by Crippen LogP contribution is -2.11. The van der Waals surface area contributed by atoms with E-state index in [-0.39, 0.29) is 11.7 Å². The van der Waals surface area contributed by atoms with Crippen molar-refractivity contribution in [1.82, 2.24) is 0 Å². The van der Waals surface area contributed by atoms with Crippen LogP contribution >= 0.6 is 11.3 Å². The van der Waals surface area contributed by atoms with Crippen LogP contribution in [0, 0.1) is 26.6 Å². The van der Waals surface area contributed by atoms with Crippen LogP contribution in [0.1, 0.15) is 31.9 Å². The fraction of sp³-hybridized carbons (Fsp3) is 0.190. The van der Waals surface area contributed by atoms with Crippen LogP contribution in [-0.4, -0.2) is 5.91 Å². The molecule has 0 saturated heterocycles. The number of benzene rings is 2. The number of hydrogen-bond acceptors (Lipinski definition) is 3. The van der Waals surface area contributed by atoms with Gasteiger partial charge in [-0.3, -0.25) is 4.79 Å². The molecule has 0 aliphatic carbocycles. The van der Waals surface area contributed by atoms with Crippen molar-refractivity contribution >= 4 is 22.9 Å². The molecule has 0 spiro atoms. The largest absolute Gasteiger partial charge is 0.489 e. The minimum atomic E-state index is -0.317. The van der Waals surface area contributed by atoms with Gasteiger partial charge in [0.25, 0.3) is 5.91 Å². The third-order valence-electron chi connectivity index (χ3n) is 3.91. The summed E-state index contributed by atoms with van der Waals surface area (Å²) in [6, 6.07) is 12.2. The summed E-state index contributed by atoms with van der Waals surface area (Å²) in [7, 11) is 0. The van der Waals surface area contributed by atoms with E-state index in [1.165, 1.54) is 23.5 Å². The van der Waals surface area contributed by atoms with Gasteiger partial charge in [0.15, 0.2) is 0 Å². The number of carbonyl (C=O) groups excluding carboxylic acids is 1. The molecule has 3 nitrogen and oxygen atoms in total. The van der Waals surface area contributed by atoms with Crippen molar-refractivity contribution in [2.45, 2.75) is 27.4 Å². The molecule has 1 aromatic heterocycles. The van der Waals surface area contributed by atoms with Gasteiger partial charge < -0.3 is 10.1 Å². The molecule has 0 bridgehead atoms. The van der Waals surface area contributed by atoms with E-state index in [4.69, 9.17) is 4.74 Å². The molecule has 0 atom stereocenters. The number of halogens is 1. The summed E-state index contributed by atoms with van der Waals surface area (Å²) < 4.78 is 19.0. The lowest BCUT2D eigenvalue weighted by atomic mass is 10.1. The molecule has 134 valence electrons. The molecule has 0 unspecified atom stereocenters. The van der Waals surface area contributed by atoms with E-state index in [1.807, 2.05) is 37.4 Å². The quantitative estimate of drug-likeness (QED) is 0.632. The first-order valence-corrected chi connectivity index (χ1v) is 9.15. The molecule has 0 aliphatic heterocycles. The Kier molecular flexibility index (Phi) is 5.38. The second-order valence-corrected chi connectivity index (χ2v) is 7.26. The van der Waals surface area contributed by atoms with Gasteiger partial charge in [0.05, 0.1) is 4.88 Å². The molecule has 5 heteroatoms. The monoisotopic (exact) mass is 369 g/mol. The van der Waals surface area contributed by atoms with Gasteiger partial charge in [-0.15, -0.1) is 11.3 Å². The summed E-state index contributed by atoms with van der Waals surface area (Å²) >= 11 is 1.36. The average molecular weight is 369 g/mol. The Morgan fingerprint density at radius 2 is 1.81 bits per heavy atom. The van der Waals surface area contributed by atoms with Crippen molar-refractivity contribution in [2.75, 3.05) is 5.32 Å². The number of thiophene rings is 1. The molecule has 26 heavy (non-hydrogen) atoms. The number of ether oxygens (including phenoxy) is 1. The van der Waals surface area contributed by atoms with E-state index in [1.54, 1.807) is 13.0 Å². The van der Waals surface area contributed by atoms with E-state index in [0.717, 1.165) is 22.4 Å². The van der Waals surface area contributed by atoms with Crippen molar-refractivity contribution in [1.29, 1.82) is 0 Å². The molecule has 0 fully saturated rings. The standard InChI is InChI=1S/C21H20FNO2S/c1-13-6-14(2)8-18(7-13)25-11-16-10-20(26-12-16)21(24)23-19-5-4-17(22)9-15(19)3/h4-10,12H,11H2,1-3H3,(H,23,24). The van der Waals surface area contributed by atoms with Crippen molar-refractivity contribution in [3.05, 3.63) is 80.8 Å². The van der Waals surface area contributed by atoms with Crippen molar-refractivity contribution in [3.8, 4) is 5.75 Å². The van der Waals surface area contributed by atoms with Gasteiger partial charge in [-0.05, 0) is 79.2 Å². The van der Waals surface area contributed by atoms with E-state index in [9.17, 15) is 9.18 Å². The molecule has 2 aromatic carbocycles. The zero-order valence-electron chi connectivity index (χ0n) is 14.9. The van der Waals surface area contributed by atoms with Gasteiger partial charge in [-0.2, -0.15) is 0 Å². The molecule has 3 aromatic rings. The summed E-state index contributed by atoms with van der Waals surface area (Å²) in [5.41, 5.74) is 4.54. The summed E-state index contributed by atoms with van der Waals surface area (Å²) in [6.07, 6.45) is 0. The Labute approximate surface area is 156 Å². The van der Waals surface area contributed by atoms with Gasteiger partial charge in [0.2, 0.25) is 0 Å². The normalized spacial score (nSPS) is 10.6. The molecule has 3 rings (SSSR count). The maximum atomic E-state index is 13.2. The number of aryl methyl sites for hydroxylation is 3. The Morgan fingerprint density at radius 1 is 1.08 bits per heavy atom. The third-order valence-corrected chi connectivity index (χ3v) is 4.89. The first kappa shape index (κ1) is 18.1. The zero-order chi connectivity index (χ0) is 18.7.